The monoisotopic (exact) mass is 269 g/mol. The molecule has 0 bridgehead atoms. The van der Waals surface area contributed by atoms with Gasteiger partial charge in [0.05, 0.1) is 7.11 Å². The van der Waals surface area contributed by atoms with Crippen LogP contribution in [-0.4, -0.2) is 7.11 Å². The molecule has 2 aromatic carbocycles. The van der Waals surface area contributed by atoms with Gasteiger partial charge in [0.15, 0.2) is 0 Å². The molecule has 1 aliphatic rings. The van der Waals surface area contributed by atoms with E-state index in [4.69, 9.17) is 10.5 Å². The fourth-order valence-electron chi connectivity index (χ4n) is 3.53. The number of fused-ring (bicyclic) bond motifs is 1. The van der Waals surface area contributed by atoms with Crippen molar-refractivity contribution in [3.63, 3.8) is 0 Å². The van der Waals surface area contributed by atoms with Crippen molar-refractivity contribution in [1.29, 1.82) is 0 Å². The minimum absolute atomic E-state index is 0.166. The molecule has 0 radical (unpaired) electrons. The van der Waals surface area contributed by atoms with Crippen LogP contribution in [0.25, 0.3) is 10.8 Å². The second-order valence-corrected chi connectivity index (χ2v) is 6.07. The van der Waals surface area contributed by atoms with E-state index in [1.807, 2.05) is 6.07 Å². The lowest BCUT2D eigenvalue weighted by molar-refractivity contribution is 0.351. The predicted octanol–water partition coefficient (Wildman–Crippen LogP) is 4.28. The Morgan fingerprint density at radius 1 is 1.10 bits per heavy atom. The van der Waals surface area contributed by atoms with E-state index in [0.717, 1.165) is 11.7 Å². The highest BCUT2D eigenvalue weighted by Gasteiger charge is 2.29. The van der Waals surface area contributed by atoms with Crippen LogP contribution in [0.5, 0.6) is 5.75 Å². The minimum Gasteiger partial charge on any atom is -0.497 e. The molecule has 106 valence electrons. The Morgan fingerprint density at radius 2 is 1.85 bits per heavy atom. The summed E-state index contributed by atoms with van der Waals surface area (Å²) >= 11 is 0. The maximum absolute atomic E-state index is 6.51. The van der Waals surface area contributed by atoms with Crippen LogP contribution in [0, 0.1) is 11.8 Å². The zero-order valence-electron chi connectivity index (χ0n) is 12.3. The van der Waals surface area contributed by atoms with Crippen LogP contribution < -0.4 is 10.5 Å². The largest absolute Gasteiger partial charge is 0.497 e. The van der Waals surface area contributed by atoms with Gasteiger partial charge in [-0.15, -0.1) is 0 Å². The smallest absolute Gasteiger partial charge is 0.119 e. The number of hydrogen-bond acceptors (Lipinski definition) is 2. The SMILES string of the molecule is COc1ccc2cc(C(N)C3CCCC3C)ccc2c1. The van der Waals surface area contributed by atoms with Crippen molar-refractivity contribution in [3.05, 3.63) is 42.0 Å². The molecule has 2 aromatic rings. The van der Waals surface area contributed by atoms with Crippen LogP contribution in [0.15, 0.2) is 36.4 Å². The summed E-state index contributed by atoms with van der Waals surface area (Å²) in [5.74, 6) is 2.28. The lowest BCUT2D eigenvalue weighted by Crippen LogP contribution is -2.23. The van der Waals surface area contributed by atoms with Crippen LogP contribution in [0.1, 0.15) is 37.8 Å². The Labute approximate surface area is 120 Å². The Morgan fingerprint density at radius 3 is 2.55 bits per heavy atom. The number of nitrogens with two attached hydrogens (primary N) is 1. The van der Waals surface area contributed by atoms with Gasteiger partial charge in [0, 0.05) is 6.04 Å². The molecule has 20 heavy (non-hydrogen) atoms. The molecule has 0 heterocycles. The highest BCUT2D eigenvalue weighted by atomic mass is 16.5. The van der Waals surface area contributed by atoms with Crippen molar-refractivity contribution in [2.45, 2.75) is 32.2 Å². The van der Waals surface area contributed by atoms with E-state index in [-0.39, 0.29) is 6.04 Å². The number of benzene rings is 2. The second kappa shape index (κ2) is 5.45. The first-order valence-electron chi connectivity index (χ1n) is 7.52. The normalized spacial score (nSPS) is 23.9. The summed E-state index contributed by atoms with van der Waals surface area (Å²) in [5, 5.41) is 2.45. The van der Waals surface area contributed by atoms with E-state index in [1.54, 1.807) is 7.11 Å². The summed E-state index contributed by atoms with van der Waals surface area (Å²) in [4.78, 5) is 0. The van der Waals surface area contributed by atoms with Gasteiger partial charge in [0.2, 0.25) is 0 Å². The molecule has 0 aromatic heterocycles. The van der Waals surface area contributed by atoms with E-state index in [2.05, 4.69) is 37.3 Å². The first-order chi connectivity index (χ1) is 9.69. The molecule has 0 amide bonds. The Hall–Kier alpha value is -1.54. The van der Waals surface area contributed by atoms with E-state index in [9.17, 15) is 0 Å². The van der Waals surface area contributed by atoms with Crippen LogP contribution >= 0.6 is 0 Å². The quantitative estimate of drug-likeness (QED) is 0.902. The molecule has 0 spiro atoms. The highest BCUT2D eigenvalue weighted by molar-refractivity contribution is 5.84. The van der Waals surface area contributed by atoms with Crippen LogP contribution in [0.3, 0.4) is 0 Å². The first-order valence-corrected chi connectivity index (χ1v) is 7.52. The molecule has 1 saturated carbocycles. The van der Waals surface area contributed by atoms with Crippen LogP contribution in [-0.2, 0) is 0 Å². The van der Waals surface area contributed by atoms with Gasteiger partial charge in [-0.05, 0) is 52.8 Å². The number of hydrogen-bond donors (Lipinski definition) is 1. The summed E-state index contributed by atoms with van der Waals surface area (Å²) in [7, 11) is 1.70. The zero-order valence-corrected chi connectivity index (χ0v) is 12.3. The minimum atomic E-state index is 0.166. The molecule has 1 aliphatic carbocycles. The fourth-order valence-corrected chi connectivity index (χ4v) is 3.53. The molecule has 3 unspecified atom stereocenters. The van der Waals surface area contributed by atoms with Gasteiger partial charge in [-0.1, -0.05) is 38.0 Å². The fraction of sp³-hybridized carbons (Fsp3) is 0.444. The molecule has 0 aliphatic heterocycles. The molecule has 3 atom stereocenters. The maximum Gasteiger partial charge on any atom is 0.119 e. The van der Waals surface area contributed by atoms with Gasteiger partial charge >= 0.3 is 0 Å². The highest BCUT2D eigenvalue weighted by Crippen LogP contribution is 2.39. The third-order valence-corrected chi connectivity index (χ3v) is 4.85. The zero-order chi connectivity index (χ0) is 14.1. The molecule has 2 heteroatoms. The van der Waals surface area contributed by atoms with Crippen molar-refractivity contribution >= 4 is 10.8 Å². The van der Waals surface area contributed by atoms with E-state index in [0.29, 0.717) is 5.92 Å². The average Bonchev–Trinajstić information content (AvgIpc) is 2.91. The molecule has 2 nitrogen and oxygen atoms in total. The van der Waals surface area contributed by atoms with Crippen molar-refractivity contribution in [2.24, 2.45) is 17.6 Å². The van der Waals surface area contributed by atoms with Crippen molar-refractivity contribution in [1.82, 2.24) is 0 Å². The van der Waals surface area contributed by atoms with Gasteiger partial charge in [0.25, 0.3) is 0 Å². The molecular weight excluding hydrogens is 246 g/mol. The van der Waals surface area contributed by atoms with E-state index in [1.165, 1.54) is 35.6 Å². The third kappa shape index (κ3) is 2.40. The first kappa shape index (κ1) is 13.4. The predicted molar refractivity (Wildman–Crippen MR) is 83.9 cm³/mol. The Balaban J connectivity index is 1.92. The average molecular weight is 269 g/mol. The van der Waals surface area contributed by atoms with Crippen molar-refractivity contribution in [3.8, 4) is 5.75 Å². The summed E-state index contributed by atoms with van der Waals surface area (Å²) < 4.78 is 5.27. The summed E-state index contributed by atoms with van der Waals surface area (Å²) in [6.07, 6.45) is 3.91. The third-order valence-electron chi connectivity index (χ3n) is 4.85. The van der Waals surface area contributed by atoms with Crippen LogP contribution in [0.2, 0.25) is 0 Å². The van der Waals surface area contributed by atoms with Crippen molar-refractivity contribution < 1.29 is 4.74 Å². The van der Waals surface area contributed by atoms with Gasteiger partial charge in [-0.2, -0.15) is 0 Å². The summed E-state index contributed by atoms with van der Waals surface area (Å²) in [5.41, 5.74) is 7.78. The van der Waals surface area contributed by atoms with E-state index >= 15 is 0 Å². The molecule has 2 N–H and O–H groups in total. The van der Waals surface area contributed by atoms with E-state index < -0.39 is 0 Å². The lowest BCUT2D eigenvalue weighted by Gasteiger charge is -2.24. The molecule has 3 rings (SSSR count). The Kier molecular flexibility index (Phi) is 3.66. The van der Waals surface area contributed by atoms with Gasteiger partial charge < -0.3 is 10.5 Å². The van der Waals surface area contributed by atoms with Gasteiger partial charge in [-0.25, -0.2) is 0 Å². The second-order valence-electron chi connectivity index (χ2n) is 6.07. The molecular formula is C18H23NO. The standard InChI is InChI=1S/C18H23NO/c1-12-4-3-5-17(12)18(19)15-7-6-14-11-16(20-2)9-8-13(14)10-15/h6-12,17-18H,3-5,19H2,1-2H3. The Bertz CT molecular complexity index is 607. The van der Waals surface area contributed by atoms with Crippen molar-refractivity contribution in [2.75, 3.05) is 7.11 Å². The topological polar surface area (TPSA) is 35.2 Å². The summed E-state index contributed by atoms with van der Waals surface area (Å²) in [6, 6.07) is 12.9. The maximum atomic E-state index is 6.51. The molecule has 1 fully saturated rings. The van der Waals surface area contributed by atoms with Crippen LogP contribution in [0.4, 0.5) is 0 Å². The number of rotatable bonds is 3. The molecule has 0 saturated heterocycles. The number of methoxy groups -OCH3 is 1. The van der Waals surface area contributed by atoms with Gasteiger partial charge in [0.1, 0.15) is 5.75 Å². The lowest BCUT2D eigenvalue weighted by atomic mass is 9.86. The number of ether oxygens (including phenoxy) is 1. The summed E-state index contributed by atoms with van der Waals surface area (Å²) in [6.45, 7) is 2.34. The van der Waals surface area contributed by atoms with Gasteiger partial charge in [-0.3, -0.25) is 0 Å².